The van der Waals surface area contributed by atoms with Crippen molar-refractivity contribution >= 4 is 27.3 Å². The molecule has 0 bridgehead atoms. The highest BCUT2D eigenvalue weighted by atomic mass is 32.2. The summed E-state index contributed by atoms with van der Waals surface area (Å²) in [6.07, 6.45) is 7.33. The van der Waals surface area contributed by atoms with Crippen LogP contribution >= 0.6 is 0 Å². The monoisotopic (exact) mass is 479 g/mol. The Labute approximate surface area is 199 Å². The van der Waals surface area contributed by atoms with Gasteiger partial charge in [-0.05, 0) is 42.9 Å². The van der Waals surface area contributed by atoms with Crippen molar-refractivity contribution in [2.24, 2.45) is 5.92 Å². The minimum Gasteiger partial charge on any atom is -0.309 e. The molecule has 3 aromatic rings. The van der Waals surface area contributed by atoms with E-state index in [-0.39, 0.29) is 17.4 Å². The molecular weight excluding hydrogens is 450 g/mol. The van der Waals surface area contributed by atoms with Crippen LogP contribution in [-0.2, 0) is 20.4 Å². The molecule has 2 saturated carbocycles. The number of hydrogen-bond donors (Lipinski definition) is 1. The number of rotatable bonds is 6. The van der Waals surface area contributed by atoms with E-state index in [0.29, 0.717) is 18.9 Å². The SMILES string of the molecule is CS(=O)(=O)N1CCN(C2(c3ccc(-c4cccn5nc(NC(=O)C6CC6)cc45)cc3)CC2)CC1. The van der Waals surface area contributed by atoms with Gasteiger partial charge >= 0.3 is 0 Å². The van der Waals surface area contributed by atoms with Crippen molar-refractivity contribution in [3.63, 3.8) is 0 Å². The van der Waals surface area contributed by atoms with Gasteiger partial charge in [0.05, 0.1) is 11.8 Å². The van der Waals surface area contributed by atoms with Crippen LogP contribution in [0, 0.1) is 5.92 Å². The second-order valence-corrected chi connectivity index (χ2v) is 11.8. The lowest BCUT2D eigenvalue weighted by atomic mass is 9.97. The van der Waals surface area contributed by atoms with Crippen LogP contribution < -0.4 is 5.32 Å². The van der Waals surface area contributed by atoms with E-state index in [9.17, 15) is 13.2 Å². The molecule has 34 heavy (non-hydrogen) atoms. The molecule has 0 atom stereocenters. The van der Waals surface area contributed by atoms with E-state index in [1.165, 1.54) is 11.8 Å². The molecule has 9 heteroatoms. The molecule has 6 rings (SSSR count). The number of nitrogens with zero attached hydrogens (tertiary/aromatic N) is 4. The van der Waals surface area contributed by atoms with Crippen LogP contribution in [0.5, 0.6) is 0 Å². The standard InChI is InChI=1S/C25H29N5O3S/c1-34(32,33)29-15-13-28(14-16-29)25(10-11-25)20-8-6-18(7-9-20)21-3-2-12-30-22(21)17-23(27-30)26-24(31)19-4-5-19/h2-3,6-9,12,17,19H,4-5,10-11,13-16H2,1H3,(H,26,27,31). The zero-order valence-corrected chi connectivity index (χ0v) is 20.1. The third-order valence-electron chi connectivity index (χ3n) is 7.47. The largest absolute Gasteiger partial charge is 0.309 e. The molecule has 8 nitrogen and oxygen atoms in total. The van der Waals surface area contributed by atoms with Gasteiger partial charge in [0.2, 0.25) is 15.9 Å². The summed E-state index contributed by atoms with van der Waals surface area (Å²) in [7, 11) is -3.12. The second-order valence-electron chi connectivity index (χ2n) is 9.80. The number of sulfonamides is 1. The van der Waals surface area contributed by atoms with Gasteiger partial charge in [0, 0.05) is 55.5 Å². The summed E-state index contributed by atoms with van der Waals surface area (Å²) in [6, 6.07) is 14.7. The summed E-state index contributed by atoms with van der Waals surface area (Å²) in [6.45, 7) is 2.64. The third kappa shape index (κ3) is 3.91. The van der Waals surface area contributed by atoms with Gasteiger partial charge in [-0.1, -0.05) is 30.3 Å². The smallest absolute Gasteiger partial charge is 0.228 e. The predicted molar refractivity (Wildman–Crippen MR) is 131 cm³/mol. The van der Waals surface area contributed by atoms with Crippen LogP contribution in [0.2, 0.25) is 0 Å². The van der Waals surface area contributed by atoms with Crippen LogP contribution in [0.3, 0.4) is 0 Å². The summed E-state index contributed by atoms with van der Waals surface area (Å²) in [4.78, 5) is 14.6. The lowest BCUT2D eigenvalue weighted by Crippen LogP contribution is -2.51. The normalized spacial score (nSPS) is 21.0. The number of pyridine rings is 1. The average Bonchev–Trinajstić information content (AvgIpc) is 3.75. The predicted octanol–water partition coefficient (Wildman–Crippen LogP) is 2.92. The van der Waals surface area contributed by atoms with E-state index in [2.05, 4.69) is 45.6 Å². The van der Waals surface area contributed by atoms with Crippen molar-refractivity contribution in [2.45, 2.75) is 31.2 Å². The van der Waals surface area contributed by atoms with Gasteiger partial charge in [-0.2, -0.15) is 9.40 Å². The molecule has 2 aliphatic carbocycles. The first-order chi connectivity index (χ1) is 16.3. The summed E-state index contributed by atoms with van der Waals surface area (Å²) < 4.78 is 27.1. The molecular formula is C25H29N5O3S. The first-order valence-corrected chi connectivity index (χ1v) is 13.8. The first-order valence-electron chi connectivity index (χ1n) is 11.9. The van der Waals surface area contributed by atoms with E-state index in [0.717, 1.165) is 55.4 Å². The lowest BCUT2D eigenvalue weighted by Gasteiger charge is -2.39. The van der Waals surface area contributed by atoms with Gasteiger partial charge in [-0.25, -0.2) is 12.9 Å². The van der Waals surface area contributed by atoms with Gasteiger partial charge in [-0.3, -0.25) is 9.69 Å². The zero-order chi connectivity index (χ0) is 23.5. The van der Waals surface area contributed by atoms with Crippen molar-refractivity contribution < 1.29 is 13.2 Å². The van der Waals surface area contributed by atoms with E-state index >= 15 is 0 Å². The summed E-state index contributed by atoms with van der Waals surface area (Å²) >= 11 is 0. The molecule has 3 heterocycles. The van der Waals surface area contributed by atoms with Gasteiger partial charge in [0.25, 0.3) is 0 Å². The Morgan fingerprint density at radius 3 is 2.38 bits per heavy atom. The molecule has 1 saturated heterocycles. The van der Waals surface area contributed by atoms with Crippen molar-refractivity contribution in [2.75, 3.05) is 37.8 Å². The molecule has 1 amide bonds. The van der Waals surface area contributed by atoms with Crippen molar-refractivity contribution in [3.8, 4) is 11.1 Å². The Bertz CT molecular complexity index is 1350. The number of anilines is 1. The summed E-state index contributed by atoms with van der Waals surface area (Å²) in [5.41, 5.74) is 4.46. The fourth-order valence-corrected chi connectivity index (χ4v) is 6.03. The molecule has 0 spiro atoms. The number of piperazine rings is 1. The molecule has 0 radical (unpaired) electrons. The van der Waals surface area contributed by atoms with Gasteiger partial charge in [0.15, 0.2) is 5.82 Å². The highest BCUT2D eigenvalue weighted by Gasteiger charge is 2.50. The number of fused-ring (bicyclic) bond motifs is 1. The maximum atomic E-state index is 12.1. The lowest BCUT2D eigenvalue weighted by molar-refractivity contribution is -0.117. The quantitative estimate of drug-likeness (QED) is 0.588. The number of carbonyl (C=O) groups excluding carboxylic acids is 1. The number of carbonyl (C=O) groups is 1. The van der Waals surface area contributed by atoms with E-state index in [1.54, 1.807) is 4.31 Å². The maximum absolute atomic E-state index is 12.1. The topological polar surface area (TPSA) is 87.0 Å². The minimum atomic E-state index is -3.12. The summed E-state index contributed by atoms with van der Waals surface area (Å²) in [5.74, 6) is 0.786. The average molecular weight is 480 g/mol. The maximum Gasteiger partial charge on any atom is 0.228 e. The van der Waals surface area contributed by atoms with Gasteiger partial charge < -0.3 is 5.32 Å². The molecule has 3 aliphatic rings. The third-order valence-corrected chi connectivity index (χ3v) is 8.77. The van der Waals surface area contributed by atoms with Crippen LogP contribution in [0.4, 0.5) is 5.82 Å². The Balaban J connectivity index is 1.22. The molecule has 0 unspecified atom stereocenters. The second kappa shape index (κ2) is 7.90. The molecule has 1 aliphatic heterocycles. The van der Waals surface area contributed by atoms with E-state index in [4.69, 9.17) is 0 Å². The minimum absolute atomic E-state index is 0.0327. The van der Waals surface area contributed by atoms with Crippen LogP contribution in [-0.4, -0.2) is 65.6 Å². The number of benzene rings is 1. The highest BCUT2D eigenvalue weighted by molar-refractivity contribution is 7.88. The van der Waals surface area contributed by atoms with Crippen molar-refractivity contribution in [3.05, 3.63) is 54.2 Å². The van der Waals surface area contributed by atoms with E-state index < -0.39 is 10.0 Å². The molecule has 178 valence electrons. The Hall–Kier alpha value is -2.75. The fourth-order valence-electron chi connectivity index (χ4n) is 5.21. The first kappa shape index (κ1) is 21.8. The van der Waals surface area contributed by atoms with Crippen molar-refractivity contribution in [1.29, 1.82) is 0 Å². The van der Waals surface area contributed by atoms with Crippen molar-refractivity contribution in [1.82, 2.24) is 18.8 Å². The Morgan fingerprint density at radius 1 is 1.06 bits per heavy atom. The Kier molecular flexibility index (Phi) is 5.05. The van der Waals surface area contributed by atoms with Crippen LogP contribution in [0.25, 0.3) is 16.6 Å². The fraction of sp³-hybridized carbons (Fsp3) is 0.440. The van der Waals surface area contributed by atoms with Gasteiger partial charge in [-0.15, -0.1) is 0 Å². The van der Waals surface area contributed by atoms with Gasteiger partial charge in [0.1, 0.15) is 0 Å². The number of aromatic nitrogens is 2. The molecule has 1 N–H and O–H groups in total. The summed E-state index contributed by atoms with van der Waals surface area (Å²) in [5, 5.41) is 7.47. The van der Waals surface area contributed by atoms with E-state index in [1.807, 2.05) is 22.8 Å². The van der Waals surface area contributed by atoms with Crippen LogP contribution in [0.1, 0.15) is 31.2 Å². The molecule has 1 aromatic carbocycles. The number of hydrogen-bond acceptors (Lipinski definition) is 5. The number of amides is 1. The molecule has 3 fully saturated rings. The van der Waals surface area contributed by atoms with Crippen LogP contribution in [0.15, 0.2) is 48.7 Å². The zero-order valence-electron chi connectivity index (χ0n) is 19.3. The Morgan fingerprint density at radius 2 is 1.76 bits per heavy atom. The highest BCUT2D eigenvalue weighted by Crippen LogP contribution is 2.51. The molecule has 2 aromatic heterocycles. The number of nitrogens with one attached hydrogen (secondary N) is 1.